The molecule has 0 fully saturated rings. The molecule has 0 unspecified atom stereocenters. The molecule has 0 saturated heterocycles. The van der Waals surface area contributed by atoms with Crippen LogP contribution < -0.4 is 11.0 Å². The highest BCUT2D eigenvalue weighted by molar-refractivity contribution is 8.18. The van der Waals surface area contributed by atoms with Crippen LogP contribution in [-0.2, 0) is 0 Å². The van der Waals surface area contributed by atoms with Gasteiger partial charge in [-0.2, -0.15) is 0 Å². The van der Waals surface area contributed by atoms with Crippen molar-refractivity contribution in [3.05, 3.63) is 35.8 Å². The lowest BCUT2D eigenvalue weighted by Gasteiger charge is -1.96. The summed E-state index contributed by atoms with van der Waals surface area (Å²) < 4.78 is 10.7. The lowest BCUT2D eigenvalue weighted by molar-refractivity contribution is 0.601. The Hall–Kier alpha value is -0.580. The van der Waals surface area contributed by atoms with E-state index in [1.54, 1.807) is 12.5 Å². The lowest BCUT2D eigenvalue weighted by atomic mass is 10.4. The van der Waals surface area contributed by atoms with E-state index < -0.39 is 0 Å². The zero-order valence-electron chi connectivity index (χ0n) is 8.02. The summed E-state index contributed by atoms with van der Waals surface area (Å²) in [5, 5.41) is 0. The Morgan fingerprint density at radius 1 is 0.857 bits per heavy atom. The van der Waals surface area contributed by atoms with E-state index in [0.717, 1.165) is 27.5 Å². The molecule has 0 amide bonds. The SMILES string of the molecule is Cc1ccoc1[P][P]c1occc1C. The summed E-state index contributed by atoms with van der Waals surface area (Å²) in [5.74, 6) is 0. The fourth-order valence-corrected chi connectivity index (χ4v) is 3.66. The third kappa shape index (κ3) is 2.08. The lowest BCUT2D eigenvalue weighted by Crippen LogP contribution is -1.95. The molecule has 0 aliphatic carbocycles. The summed E-state index contributed by atoms with van der Waals surface area (Å²) in [6.07, 6.45) is 3.45. The van der Waals surface area contributed by atoms with E-state index in [2.05, 4.69) is 13.8 Å². The molecule has 2 rings (SSSR count). The molecular weight excluding hydrogens is 214 g/mol. The summed E-state index contributed by atoms with van der Waals surface area (Å²) in [6, 6.07) is 3.96. The van der Waals surface area contributed by atoms with Crippen molar-refractivity contribution in [2.45, 2.75) is 13.8 Å². The molecule has 0 spiro atoms. The van der Waals surface area contributed by atoms with Crippen LogP contribution in [0.25, 0.3) is 0 Å². The molecule has 2 radical (unpaired) electrons. The molecule has 14 heavy (non-hydrogen) atoms. The first-order chi connectivity index (χ1) is 6.77. The molecule has 2 aromatic rings. The second kappa shape index (κ2) is 4.29. The van der Waals surface area contributed by atoms with Crippen LogP contribution in [0.1, 0.15) is 11.1 Å². The number of rotatable bonds is 3. The Kier molecular flexibility index (Phi) is 3.05. The first-order valence-electron chi connectivity index (χ1n) is 4.27. The van der Waals surface area contributed by atoms with E-state index in [1.807, 2.05) is 12.1 Å². The normalized spacial score (nSPS) is 12.4. The second-order valence-electron chi connectivity index (χ2n) is 3.02. The van der Waals surface area contributed by atoms with Crippen molar-refractivity contribution in [2.24, 2.45) is 0 Å². The largest absolute Gasteiger partial charge is 0.464 e. The standard InChI is InChI=1S/C10H10O2P2/c1-7-3-5-11-9(7)13-14-10-8(2)4-6-12-10/h3-6H,1-2H3. The van der Waals surface area contributed by atoms with Gasteiger partial charge in [0.05, 0.1) is 12.5 Å². The Labute approximate surface area is 86.5 Å². The molecule has 0 aromatic carbocycles. The molecule has 0 aliphatic heterocycles. The van der Waals surface area contributed by atoms with Gasteiger partial charge in [-0.1, -0.05) is 0 Å². The van der Waals surface area contributed by atoms with Crippen molar-refractivity contribution < 1.29 is 8.83 Å². The van der Waals surface area contributed by atoms with Gasteiger partial charge in [0, 0.05) is 16.5 Å². The molecule has 72 valence electrons. The van der Waals surface area contributed by atoms with Crippen LogP contribution in [0, 0.1) is 13.8 Å². The number of hydrogen-bond acceptors (Lipinski definition) is 2. The Balaban J connectivity index is 2.02. The highest BCUT2D eigenvalue weighted by atomic mass is 32.0. The van der Waals surface area contributed by atoms with Gasteiger partial charge in [-0.05, 0) is 37.1 Å². The molecule has 0 bridgehead atoms. The van der Waals surface area contributed by atoms with Crippen LogP contribution in [0.5, 0.6) is 0 Å². The van der Waals surface area contributed by atoms with Gasteiger partial charge < -0.3 is 8.83 Å². The van der Waals surface area contributed by atoms with Crippen molar-refractivity contribution in [1.82, 2.24) is 0 Å². The van der Waals surface area contributed by atoms with E-state index in [9.17, 15) is 0 Å². The Bertz CT molecular complexity index is 377. The third-order valence-corrected chi connectivity index (χ3v) is 4.67. The van der Waals surface area contributed by atoms with Crippen LogP contribution in [-0.4, -0.2) is 0 Å². The fraction of sp³-hybridized carbons (Fsp3) is 0.200. The van der Waals surface area contributed by atoms with Gasteiger partial charge in [0.1, 0.15) is 11.0 Å². The quantitative estimate of drug-likeness (QED) is 0.748. The first kappa shape index (κ1) is 9.96. The van der Waals surface area contributed by atoms with E-state index in [0.29, 0.717) is 0 Å². The summed E-state index contributed by atoms with van der Waals surface area (Å²) in [5.41, 5.74) is 4.43. The van der Waals surface area contributed by atoms with E-state index in [-0.39, 0.29) is 0 Å². The topological polar surface area (TPSA) is 26.3 Å². The minimum Gasteiger partial charge on any atom is -0.464 e. The van der Waals surface area contributed by atoms with Crippen molar-refractivity contribution in [2.75, 3.05) is 0 Å². The smallest absolute Gasteiger partial charge is 0.138 e. The van der Waals surface area contributed by atoms with Gasteiger partial charge in [0.15, 0.2) is 0 Å². The van der Waals surface area contributed by atoms with Crippen molar-refractivity contribution in [3.63, 3.8) is 0 Å². The predicted octanol–water partition coefficient (Wildman–Crippen LogP) is 3.25. The van der Waals surface area contributed by atoms with Gasteiger partial charge in [-0.25, -0.2) is 0 Å². The minimum atomic E-state index is 1.02. The van der Waals surface area contributed by atoms with Gasteiger partial charge in [-0.15, -0.1) is 0 Å². The Morgan fingerprint density at radius 3 is 1.57 bits per heavy atom. The molecular formula is C10H10O2P2. The van der Waals surface area contributed by atoms with Gasteiger partial charge in [-0.3, -0.25) is 0 Å². The molecule has 0 aliphatic rings. The fourth-order valence-electron chi connectivity index (χ4n) is 1.03. The van der Waals surface area contributed by atoms with E-state index in [4.69, 9.17) is 8.83 Å². The zero-order chi connectivity index (χ0) is 9.97. The predicted molar refractivity (Wildman–Crippen MR) is 60.0 cm³/mol. The molecule has 2 nitrogen and oxygen atoms in total. The molecule has 0 atom stereocenters. The highest BCUT2D eigenvalue weighted by Crippen LogP contribution is 2.36. The summed E-state index contributed by atoms with van der Waals surface area (Å²) in [6.45, 7) is 4.10. The first-order valence-corrected chi connectivity index (χ1v) is 6.77. The monoisotopic (exact) mass is 224 g/mol. The summed E-state index contributed by atoms with van der Waals surface area (Å²) >= 11 is 0. The van der Waals surface area contributed by atoms with Crippen LogP contribution in [0.2, 0.25) is 0 Å². The van der Waals surface area contributed by atoms with Gasteiger partial charge >= 0.3 is 0 Å². The second-order valence-corrected chi connectivity index (χ2v) is 5.43. The van der Waals surface area contributed by atoms with Crippen molar-refractivity contribution in [1.29, 1.82) is 0 Å². The van der Waals surface area contributed by atoms with Crippen LogP contribution in [0.3, 0.4) is 0 Å². The van der Waals surface area contributed by atoms with Gasteiger partial charge in [0.2, 0.25) is 0 Å². The van der Waals surface area contributed by atoms with Crippen LogP contribution in [0.4, 0.5) is 0 Å². The van der Waals surface area contributed by atoms with E-state index >= 15 is 0 Å². The van der Waals surface area contributed by atoms with Crippen molar-refractivity contribution in [3.8, 4) is 0 Å². The van der Waals surface area contributed by atoms with Crippen molar-refractivity contribution >= 4 is 27.5 Å². The molecule has 2 heterocycles. The highest BCUT2D eigenvalue weighted by Gasteiger charge is 2.07. The average molecular weight is 224 g/mol. The molecule has 0 saturated carbocycles. The summed E-state index contributed by atoms with van der Waals surface area (Å²) in [7, 11) is 2.27. The van der Waals surface area contributed by atoms with Crippen LogP contribution >= 0.6 is 16.5 Å². The zero-order valence-corrected chi connectivity index (χ0v) is 9.81. The summed E-state index contributed by atoms with van der Waals surface area (Å²) in [4.78, 5) is 0. The number of furan rings is 2. The van der Waals surface area contributed by atoms with Crippen LogP contribution in [0.15, 0.2) is 33.5 Å². The van der Waals surface area contributed by atoms with E-state index in [1.165, 1.54) is 11.1 Å². The molecule has 0 N–H and O–H groups in total. The number of aryl methyl sites for hydroxylation is 2. The maximum Gasteiger partial charge on any atom is 0.138 e. The van der Waals surface area contributed by atoms with Gasteiger partial charge in [0.25, 0.3) is 0 Å². The average Bonchev–Trinajstić information content (AvgIpc) is 2.72. The number of hydrogen-bond donors (Lipinski definition) is 0. The maximum absolute atomic E-state index is 5.34. The third-order valence-electron chi connectivity index (χ3n) is 1.90. The minimum absolute atomic E-state index is 1.02. The maximum atomic E-state index is 5.34. The Morgan fingerprint density at radius 2 is 1.29 bits per heavy atom. The molecule has 2 aromatic heterocycles. The molecule has 4 heteroatoms.